The third-order valence-electron chi connectivity index (χ3n) is 1.78. The average molecular weight is 196 g/mol. The summed E-state index contributed by atoms with van der Waals surface area (Å²) < 4.78 is 1.25. The van der Waals surface area contributed by atoms with E-state index in [-0.39, 0.29) is 18.7 Å². The fourth-order valence-corrected chi connectivity index (χ4v) is 1.10. The van der Waals surface area contributed by atoms with Gasteiger partial charge in [0.15, 0.2) is 5.56 Å². The molecule has 0 aromatic carbocycles. The van der Waals surface area contributed by atoms with E-state index in [1.54, 1.807) is 13.0 Å². The molecule has 0 unspecified atom stereocenters. The zero-order valence-electron chi connectivity index (χ0n) is 7.47. The molecule has 1 rings (SSSR count). The van der Waals surface area contributed by atoms with Gasteiger partial charge in [0.25, 0.3) is 0 Å². The Bertz CT molecular complexity index is 404. The van der Waals surface area contributed by atoms with Crippen LogP contribution in [0.3, 0.4) is 0 Å². The number of rotatable bonds is 3. The van der Waals surface area contributed by atoms with Crippen LogP contribution in [-0.2, 0) is 6.54 Å². The third kappa shape index (κ3) is 1.55. The molecule has 0 aliphatic rings. The fourth-order valence-electron chi connectivity index (χ4n) is 1.10. The van der Waals surface area contributed by atoms with Crippen molar-refractivity contribution in [2.75, 3.05) is 6.61 Å². The van der Waals surface area contributed by atoms with Gasteiger partial charge in [0.05, 0.1) is 23.9 Å². The van der Waals surface area contributed by atoms with Crippen molar-refractivity contribution in [2.45, 2.75) is 13.5 Å². The van der Waals surface area contributed by atoms with Crippen LogP contribution in [0.25, 0.3) is 0 Å². The highest BCUT2D eigenvalue weighted by atomic mass is 16.6. The maximum absolute atomic E-state index is 10.5. The Hall–Kier alpha value is -1.94. The molecule has 0 atom stereocenters. The number of hydrogen-bond acceptors (Lipinski definition) is 5. The van der Waals surface area contributed by atoms with Crippen molar-refractivity contribution in [2.24, 2.45) is 0 Å². The molecule has 1 N–H and O–H groups in total. The number of nitriles is 1. The van der Waals surface area contributed by atoms with E-state index in [1.807, 2.05) is 0 Å². The molecule has 0 radical (unpaired) electrons. The summed E-state index contributed by atoms with van der Waals surface area (Å²) in [5.41, 5.74) is 0.344. The van der Waals surface area contributed by atoms with Crippen molar-refractivity contribution in [1.82, 2.24) is 9.78 Å². The van der Waals surface area contributed by atoms with Crippen molar-refractivity contribution < 1.29 is 10.0 Å². The van der Waals surface area contributed by atoms with E-state index < -0.39 is 10.7 Å². The Kier molecular flexibility index (Phi) is 2.79. The molecule has 74 valence electrons. The van der Waals surface area contributed by atoms with Gasteiger partial charge in [-0.25, -0.2) is 0 Å². The largest absolute Gasteiger partial charge is 0.408 e. The van der Waals surface area contributed by atoms with Gasteiger partial charge >= 0.3 is 5.82 Å². The molecule has 1 aromatic heterocycles. The molecule has 0 bridgehead atoms. The molecule has 0 saturated carbocycles. The Balaban J connectivity index is 3.26. The molecule has 0 amide bonds. The number of nitrogens with zero attached hydrogens (tertiary/aromatic N) is 4. The Morgan fingerprint density at radius 1 is 1.79 bits per heavy atom. The van der Waals surface area contributed by atoms with Crippen molar-refractivity contribution in [1.29, 1.82) is 5.26 Å². The van der Waals surface area contributed by atoms with Gasteiger partial charge in [-0.05, 0) is 11.8 Å². The SMILES string of the molecule is Cc1c(C#N)c([N+](=O)[O-])nn1CCO. The fraction of sp³-hybridized carbons (Fsp3) is 0.429. The number of aliphatic hydroxyl groups excluding tert-OH is 1. The molecule has 1 heterocycles. The second-order valence-electron chi connectivity index (χ2n) is 2.60. The zero-order valence-corrected chi connectivity index (χ0v) is 7.47. The lowest BCUT2D eigenvalue weighted by molar-refractivity contribution is -0.390. The third-order valence-corrected chi connectivity index (χ3v) is 1.78. The minimum atomic E-state index is -0.709. The van der Waals surface area contributed by atoms with Gasteiger partial charge in [0.2, 0.25) is 0 Å². The van der Waals surface area contributed by atoms with E-state index in [0.29, 0.717) is 5.69 Å². The quantitative estimate of drug-likeness (QED) is 0.539. The highest BCUT2D eigenvalue weighted by Crippen LogP contribution is 2.19. The standard InChI is InChI=1S/C7H8N4O3/c1-5-6(4-8)7(11(13)14)9-10(5)2-3-12/h12H,2-3H2,1H3. The van der Waals surface area contributed by atoms with Crippen LogP contribution in [0.2, 0.25) is 0 Å². The van der Waals surface area contributed by atoms with Gasteiger partial charge in [-0.2, -0.15) is 9.94 Å². The van der Waals surface area contributed by atoms with Gasteiger partial charge in [-0.3, -0.25) is 0 Å². The number of hydrogen-bond donors (Lipinski definition) is 1. The normalized spacial score (nSPS) is 9.79. The molecule has 0 aliphatic carbocycles. The molecule has 7 heteroatoms. The number of nitro groups is 1. The van der Waals surface area contributed by atoms with Gasteiger partial charge in [0.1, 0.15) is 6.07 Å². The van der Waals surface area contributed by atoms with Crippen molar-refractivity contribution in [3.05, 3.63) is 21.4 Å². The predicted molar refractivity (Wildman–Crippen MR) is 45.4 cm³/mol. The van der Waals surface area contributed by atoms with E-state index >= 15 is 0 Å². The van der Waals surface area contributed by atoms with Crippen LogP contribution in [0.5, 0.6) is 0 Å². The Morgan fingerprint density at radius 2 is 2.43 bits per heavy atom. The first-order valence-corrected chi connectivity index (χ1v) is 3.84. The van der Waals surface area contributed by atoms with Crippen LogP contribution in [0, 0.1) is 28.4 Å². The molecule has 7 nitrogen and oxygen atoms in total. The lowest BCUT2D eigenvalue weighted by atomic mass is 10.2. The monoisotopic (exact) mass is 196 g/mol. The van der Waals surface area contributed by atoms with Crippen LogP contribution >= 0.6 is 0 Å². The van der Waals surface area contributed by atoms with Crippen LogP contribution in [0.1, 0.15) is 11.3 Å². The van der Waals surface area contributed by atoms with Crippen LogP contribution in [-0.4, -0.2) is 26.4 Å². The van der Waals surface area contributed by atoms with Crippen LogP contribution in [0.15, 0.2) is 0 Å². The summed E-state index contributed by atoms with van der Waals surface area (Å²) in [4.78, 5) is 9.76. The lowest BCUT2D eigenvalue weighted by Crippen LogP contribution is -2.06. The zero-order chi connectivity index (χ0) is 10.7. The van der Waals surface area contributed by atoms with Gasteiger partial charge in [-0.15, -0.1) is 0 Å². The molecule has 14 heavy (non-hydrogen) atoms. The first kappa shape index (κ1) is 10.1. The van der Waals surface area contributed by atoms with E-state index in [4.69, 9.17) is 10.4 Å². The second kappa shape index (κ2) is 3.85. The van der Waals surface area contributed by atoms with Crippen molar-refractivity contribution >= 4 is 5.82 Å². The molecule has 1 aromatic rings. The minimum absolute atomic E-state index is 0.0524. The minimum Gasteiger partial charge on any atom is -0.394 e. The van der Waals surface area contributed by atoms with Gasteiger partial charge < -0.3 is 15.2 Å². The summed E-state index contributed by atoms with van der Waals surface area (Å²) in [7, 11) is 0. The molecule has 0 saturated heterocycles. The first-order chi connectivity index (χ1) is 6.61. The molecular formula is C7H8N4O3. The summed E-state index contributed by atoms with van der Waals surface area (Å²) in [5.74, 6) is -0.460. The number of aliphatic hydroxyl groups is 1. The lowest BCUT2D eigenvalue weighted by Gasteiger charge is -1.93. The predicted octanol–water partition coefficient (Wildman–Crippen LogP) is -0.0363. The molecule has 0 fully saturated rings. The van der Waals surface area contributed by atoms with Crippen LogP contribution in [0.4, 0.5) is 5.82 Å². The average Bonchev–Trinajstić information content (AvgIpc) is 2.44. The number of aromatic nitrogens is 2. The maximum Gasteiger partial charge on any atom is 0.408 e. The topological polar surface area (TPSA) is 105 Å². The van der Waals surface area contributed by atoms with Crippen molar-refractivity contribution in [3.63, 3.8) is 0 Å². The summed E-state index contributed by atoms with van der Waals surface area (Å²) in [5, 5.41) is 31.4. The Morgan fingerprint density at radius 3 is 2.79 bits per heavy atom. The molecule has 0 spiro atoms. The summed E-state index contributed by atoms with van der Waals surface area (Å²) in [6, 6.07) is 1.72. The molecular weight excluding hydrogens is 188 g/mol. The van der Waals surface area contributed by atoms with Gasteiger partial charge in [0, 0.05) is 0 Å². The summed E-state index contributed by atoms with van der Waals surface area (Å²) >= 11 is 0. The second-order valence-corrected chi connectivity index (χ2v) is 2.60. The smallest absolute Gasteiger partial charge is 0.394 e. The van der Waals surface area contributed by atoms with Crippen molar-refractivity contribution in [3.8, 4) is 6.07 Å². The van der Waals surface area contributed by atoms with E-state index in [2.05, 4.69) is 5.10 Å². The van der Waals surface area contributed by atoms with Gasteiger partial charge in [-0.1, -0.05) is 0 Å². The Labute approximate surface area is 79.3 Å². The highest BCUT2D eigenvalue weighted by molar-refractivity contribution is 5.46. The van der Waals surface area contributed by atoms with E-state index in [9.17, 15) is 10.1 Å². The summed E-state index contributed by atoms with van der Waals surface area (Å²) in [6.07, 6.45) is 0. The first-order valence-electron chi connectivity index (χ1n) is 3.84. The van der Waals surface area contributed by atoms with E-state index in [0.717, 1.165) is 0 Å². The van der Waals surface area contributed by atoms with Crippen LogP contribution < -0.4 is 0 Å². The van der Waals surface area contributed by atoms with E-state index in [1.165, 1.54) is 4.68 Å². The molecule has 0 aliphatic heterocycles. The highest BCUT2D eigenvalue weighted by Gasteiger charge is 2.24. The summed E-state index contributed by atoms with van der Waals surface area (Å²) in [6.45, 7) is 1.52. The maximum atomic E-state index is 10.5.